The lowest BCUT2D eigenvalue weighted by molar-refractivity contribution is 0.0921. The van der Waals surface area contributed by atoms with Crippen LogP contribution in [-0.2, 0) is 0 Å². The van der Waals surface area contributed by atoms with Crippen LogP contribution in [0.5, 0.6) is 5.75 Å². The van der Waals surface area contributed by atoms with Crippen LogP contribution >= 0.6 is 27.5 Å². The molecule has 0 atom stereocenters. The highest BCUT2D eigenvalue weighted by molar-refractivity contribution is 9.10. The van der Waals surface area contributed by atoms with E-state index in [0.29, 0.717) is 16.3 Å². The second-order valence-corrected chi connectivity index (χ2v) is 5.93. The van der Waals surface area contributed by atoms with Gasteiger partial charge in [-0.2, -0.15) is 0 Å². The third kappa shape index (κ3) is 3.62. The van der Waals surface area contributed by atoms with Gasteiger partial charge in [0, 0.05) is 10.0 Å². The molecule has 0 heterocycles. The second-order valence-electron chi connectivity index (χ2n) is 4.60. The van der Waals surface area contributed by atoms with Gasteiger partial charge in [0.05, 0.1) is 5.02 Å². The van der Waals surface area contributed by atoms with Crippen LogP contribution in [0, 0.1) is 13.8 Å². The van der Waals surface area contributed by atoms with E-state index in [1.165, 1.54) is 0 Å². The molecule has 2 rings (SSSR count). The SMILES string of the molecule is Cc1ccc(C(=O)COc2cc(Br)ccc2Cl)c(C)c1. The summed E-state index contributed by atoms with van der Waals surface area (Å²) in [5.41, 5.74) is 2.77. The van der Waals surface area contributed by atoms with E-state index < -0.39 is 0 Å². The smallest absolute Gasteiger partial charge is 0.200 e. The van der Waals surface area contributed by atoms with Gasteiger partial charge >= 0.3 is 0 Å². The summed E-state index contributed by atoms with van der Waals surface area (Å²) in [5, 5.41) is 0.488. The highest BCUT2D eigenvalue weighted by Crippen LogP contribution is 2.28. The molecule has 0 radical (unpaired) electrons. The lowest BCUT2D eigenvalue weighted by Crippen LogP contribution is -2.13. The Morgan fingerprint density at radius 2 is 1.95 bits per heavy atom. The van der Waals surface area contributed by atoms with Crippen molar-refractivity contribution >= 4 is 33.3 Å². The van der Waals surface area contributed by atoms with Gasteiger partial charge in [0.15, 0.2) is 12.4 Å². The fraction of sp³-hybridized carbons (Fsp3) is 0.188. The molecule has 20 heavy (non-hydrogen) atoms. The number of halogens is 2. The molecule has 2 aromatic rings. The second kappa shape index (κ2) is 6.42. The number of carbonyl (C=O) groups excluding carboxylic acids is 1. The van der Waals surface area contributed by atoms with E-state index in [1.54, 1.807) is 12.1 Å². The first-order chi connectivity index (χ1) is 9.47. The molecule has 0 saturated carbocycles. The Morgan fingerprint density at radius 1 is 1.20 bits per heavy atom. The van der Waals surface area contributed by atoms with Crippen LogP contribution < -0.4 is 4.74 Å². The summed E-state index contributed by atoms with van der Waals surface area (Å²) in [7, 11) is 0. The maximum atomic E-state index is 12.2. The van der Waals surface area contributed by atoms with Crippen LogP contribution in [0.1, 0.15) is 21.5 Å². The molecule has 0 unspecified atom stereocenters. The first-order valence-corrected chi connectivity index (χ1v) is 7.33. The van der Waals surface area contributed by atoms with Crippen LogP contribution in [0.3, 0.4) is 0 Å². The van der Waals surface area contributed by atoms with E-state index in [4.69, 9.17) is 16.3 Å². The molecule has 0 spiro atoms. The summed E-state index contributed by atoms with van der Waals surface area (Å²) in [6.45, 7) is 3.89. The largest absolute Gasteiger partial charge is 0.484 e. The van der Waals surface area contributed by atoms with Crippen molar-refractivity contribution in [2.75, 3.05) is 6.61 Å². The molecular weight excluding hydrogens is 340 g/mol. The van der Waals surface area contributed by atoms with Gasteiger partial charge in [-0.1, -0.05) is 51.3 Å². The molecule has 0 aliphatic rings. The molecule has 0 saturated heterocycles. The van der Waals surface area contributed by atoms with Gasteiger partial charge in [-0.05, 0) is 37.6 Å². The van der Waals surface area contributed by atoms with Crippen molar-refractivity contribution < 1.29 is 9.53 Å². The van der Waals surface area contributed by atoms with Crippen molar-refractivity contribution in [2.45, 2.75) is 13.8 Å². The summed E-state index contributed by atoms with van der Waals surface area (Å²) in [5.74, 6) is 0.442. The average Bonchev–Trinajstić information content (AvgIpc) is 2.39. The van der Waals surface area contributed by atoms with E-state index in [9.17, 15) is 4.79 Å². The quantitative estimate of drug-likeness (QED) is 0.725. The van der Waals surface area contributed by atoms with E-state index in [2.05, 4.69) is 15.9 Å². The van der Waals surface area contributed by atoms with Crippen molar-refractivity contribution in [1.29, 1.82) is 0 Å². The van der Waals surface area contributed by atoms with Crippen LogP contribution in [0.4, 0.5) is 0 Å². The Bertz CT molecular complexity index is 653. The number of ether oxygens (including phenoxy) is 1. The molecule has 2 nitrogen and oxygen atoms in total. The third-order valence-corrected chi connectivity index (χ3v) is 3.74. The summed E-state index contributed by atoms with van der Waals surface area (Å²) < 4.78 is 6.36. The van der Waals surface area contributed by atoms with Crippen LogP contribution in [-0.4, -0.2) is 12.4 Å². The molecule has 4 heteroatoms. The molecule has 0 aliphatic carbocycles. The van der Waals surface area contributed by atoms with Crippen LogP contribution in [0.2, 0.25) is 5.02 Å². The minimum Gasteiger partial charge on any atom is -0.484 e. The topological polar surface area (TPSA) is 26.3 Å². The highest BCUT2D eigenvalue weighted by atomic mass is 79.9. The molecule has 0 bridgehead atoms. The summed E-state index contributed by atoms with van der Waals surface area (Å²) >= 11 is 9.36. The normalized spacial score (nSPS) is 10.4. The predicted octanol–water partition coefficient (Wildman–Crippen LogP) is 4.98. The molecule has 0 N–H and O–H groups in total. The summed E-state index contributed by atoms with van der Waals surface area (Å²) in [6.07, 6.45) is 0. The number of rotatable bonds is 4. The standard InChI is InChI=1S/C16H14BrClO2/c1-10-3-5-13(11(2)7-10)15(19)9-20-16-8-12(17)4-6-14(16)18/h3-8H,9H2,1-2H3. The van der Waals surface area contributed by atoms with Crippen molar-refractivity contribution in [1.82, 2.24) is 0 Å². The Labute approximate surface area is 131 Å². The van der Waals surface area contributed by atoms with E-state index in [0.717, 1.165) is 15.6 Å². The Morgan fingerprint density at radius 3 is 2.65 bits per heavy atom. The van der Waals surface area contributed by atoms with Gasteiger partial charge in [0.1, 0.15) is 5.75 Å². The van der Waals surface area contributed by atoms with Crippen LogP contribution in [0.25, 0.3) is 0 Å². The number of Topliss-reactive ketones (excluding diaryl/α,β-unsaturated/α-hetero) is 1. The number of ketones is 1. The lowest BCUT2D eigenvalue weighted by atomic mass is 10.0. The first-order valence-electron chi connectivity index (χ1n) is 6.15. The minimum atomic E-state index is -0.0569. The Balaban J connectivity index is 2.10. The number of hydrogen-bond acceptors (Lipinski definition) is 2. The lowest BCUT2D eigenvalue weighted by Gasteiger charge is -2.09. The summed E-state index contributed by atoms with van der Waals surface area (Å²) in [4.78, 5) is 12.2. The number of carbonyl (C=O) groups is 1. The molecule has 0 fully saturated rings. The fourth-order valence-corrected chi connectivity index (χ4v) is 2.45. The van der Waals surface area contributed by atoms with E-state index in [1.807, 2.05) is 38.1 Å². The number of hydrogen-bond donors (Lipinski definition) is 0. The minimum absolute atomic E-state index is 0.0277. The molecule has 0 amide bonds. The monoisotopic (exact) mass is 352 g/mol. The zero-order valence-electron chi connectivity index (χ0n) is 11.2. The summed E-state index contributed by atoms with van der Waals surface area (Å²) in [6, 6.07) is 11.0. The molecule has 2 aromatic carbocycles. The number of aryl methyl sites for hydroxylation is 2. The Kier molecular flexibility index (Phi) is 4.84. The zero-order chi connectivity index (χ0) is 14.7. The van der Waals surface area contributed by atoms with Crippen molar-refractivity contribution in [2.24, 2.45) is 0 Å². The molecule has 104 valence electrons. The van der Waals surface area contributed by atoms with Crippen molar-refractivity contribution in [3.63, 3.8) is 0 Å². The predicted molar refractivity (Wildman–Crippen MR) is 84.9 cm³/mol. The van der Waals surface area contributed by atoms with Gasteiger partial charge < -0.3 is 4.74 Å². The van der Waals surface area contributed by atoms with Gasteiger partial charge in [0.2, 0.25) is 0 Å². The maximum absolute atomic E-state index is 12.2. The highest BCUT2D eigenvalue weighted by Gasteiger charge is 2.11. The molecule has 0 aliphatic heterocycles. The van der Waals surface area contributed by atoms with Gasteiger partial charge in [-0.25, -0.2) is 0 Å². The maximum Gasteiger partial charge on any atom is 0.200 e. The van der Waals surface area contributed by atoms with Crippen molar-refractivity contribution in [3.8, 4) is 5.75 Å². The molecule has 0 aromatic heterocycles. The van der Waals surface area contributed by atoms with Crippen molar-refractivity contribution in [3.05, 3.63) is 62.6 Å². The van der Waals surface area contributed by atoms with Gasteiger partial charge in [-0.3, -0.25) is 4.79 Å². The Hall–Kier alpha value is -1.32. The first kappa shape index (κ1) is 15.1. The van der Waals surface area contributed by atoms with Gasteiger partial charge in [0.25, 0.3) is 0 Å². The molecular formula is C16H14BrClO2. The van der Waals surface area contributed by atoms with E-state index >= 15 is 0 Å². The third-order valence-electron chi connectivity index (χ3n) is 2.93. The van der Waals surface area contributed by atoms with E-state index in [-0.39, 0.29) is 12.4 Å². The van der Waals surface area contributed by atoms with Gasteiger partial charge in [-0.15, -0.1) is 0 Å². The average molecular weight is 354 g/mol. The fourth-order valence-electron chi connectivity index (χ4n) is 1.94. The zero-order valence-corrected chi connectivity index (χ0v) is 13.6. The number of benzene rings is 2. The van der Waals surface area contributed by atoms with Crippen LogP contribution in [0.15, 0.2) is 40.9 Å².